The van der Waals surface area contributed by atoms with E-state index in [4.69, 9.17) is 9.15 Å². The number of nitrogens with one attached hydrogen (secondary N) is 1. The summed E-state index contributed by atoms with van der Waals surface area (Å²) in [7, 11) is 0. The molecule has 1 aliphatic heterocycles. The molecule has 1 amide bonds. The van der Waals surface area contributed by atoms with Crippen molar-refractivity contribution in [1.82, 2.24) is 10.2 Å². The fourth-order valence-electron chi connectivity index (χ4n) is 2.91. The van der Waals surface area contributed by atoms with Gasteiger partial charge in [0.25, 0.3) is 0 Å². The predicted molar refractivity (Wildman–Crippen MR) is 90.5 cm³/mol. The van der Waals surface area contributed by atoms with E-state index < -0.39 is 5.60 Å². The minimum Gasteiger partial charge on any atom is -0.469 e. The van der Waals surface area contributed by atoms with E-state index >= 15 is 0 Å². The number of amides is 1. The third-order valence-electron chi connectivity index (χ3n) is 4.04. The van der Waals surface area contributed by atoms with E-state index in [9.17, 15) is 4.79 Å². The van der Waals surface area contributed by atoms with Crippen LogP contribution in [-0.2, 0) is 11.2 Å². The normalized spacial score (nSPS) is 20.3. The highest BCUT2D eigenvalue weighted by atomic mass is 16.6. The van der Waals surface area contributed by atoms with Crippen molar-refractivity contribution in [3.8, 4) is 0 Å². The van der Waals surface area contributed by atoms with Gasteiger partial charge in [-0.05, 0) is 59.1 Å². The summed E-state index contributed by atoms with van der Waals surface area (Å²) in [6.45, 7) is 9.45. The highest BCUT2D eigenvalue weighted by molar-refractivity contribution is 5.68. The van der Waals surface area contributed by atoms with Crippen LogP contribution < -0.4 is 5.32 Å². The molecule has 0 saturated carbocycles. The first-order valence-electron chi connectivity index (χ1n) is 8.60. The summed E-state index contributed by atoms with van der Waals surface area (Å²) in [5, 5.41) is 3.53. The molecule has 0 aliphatic carbocycles. The third-order valence-corrected chi connectivity index (χ3v) is 4.04. The highest BCUT2D eigenvalue weighted by Crippen LogP contribution is 2.20. The molecule has 1 saturated heterocycles. The van der Waals surface area contributed by atoms with Gasteiger partial charge in [0.05, 0.1) is 6.26 Å². The van der Waals surface area contributed by atoms with Gasteiger partial charge in [-0.2, -0.15) is 0 Å². The van der Waals surface area contributed by atoms with Gasteiger partial charge in [0.15, 0.2) is 0 Å². The Morgan fingerprint density at radius 3 is 2.91 bits per heavy atom. The molecule has 0 radical (unpaired) electrons. The van der Waals surface area contributed by atoms with E-state index in [0.29, 0.717) is 6.04 Å². The molecule has 2 heterocycles. The molecule has 1 aromatic heterocycles. The quantitative estimate of drug-likeness (QED) is 0.900. The van der Waals surface area contributed by atoms with Crippen molar-refractivity contribution in [2.24, 2.45) is 0 Å². The Balaban J connectivity index is 1.84. The van der Waals surface area contributed by atoms with Crippen LogP contribution in [0, 0.1) is 0 Å². The number of hydrogen-bond acceptors (Lipinski definition) is 4. The van der Waals surface area contributed by atoms with Crippen LogP contribution in [0.2, 0.25) is 0 Å². The summed E-state index contributed by atoms with van der Waals surface area (Å²) in [6.07, 6.45) is 5.61. The Labute approximate surface area is 139 Å². The van der Waals surface area contributed by atoms with Crippen molar-refractivity contribution in [2.45, 2.75) is 71.1 Å². The van der Waals surface area contributed by atoms with Gasteiger partial charge in [0.2, 0.25) is 0 Å². The van der Waals surface area contributed by atoms with Crippen molar-refractivity contribution in [2.75, 3.05) is 13.1 Å². The number of carbonyl (C=O) groups excluding carboxylic acids is 1. The molecule has 0 aromatic carbocycles. The van der Waals surface area contributed by atoms with Gasteiger partial charge in [-0.25, -0.2) is 4.79 Å². The molecular weight excluding hydrogens is 292 g/mol. The van der Waals surface area contributed by atoms with Gasteiger partial charge in [-0.1, -0.05) is 0 Å². The Hall–Kier alpha value is -1.49. The Morgan fingerprint density at radius 1 is 1.48 bits per heavy atom. The lowest BCUT2D eigenvalue weighted by atomic mass is 10.0. The molecule has 1 aliphatic rings. The fourth-order valence-corrected chi connectivity index (χ4v) is 2.91. The van der Waals surface area contributed by atoms with Gasteiger partial charge in [-0.15, -0.1) is 0 Å². The largest absolute Gasteiger partial charge is 0.469 e. The van der Waals surface area contributed by atoms with Crippen molar-refractivity contribution in [1.29, 1.82) is 0 Å². The van der Waals surface area contributed by atoms with Crippen LogP contribution in [-0.4, -0.2) is 41.8 Å². The number of furan rings is 1. The molecule has 0 bridgehead atoms. The van der Waals surface area contributed by atoms with Crippen molar-refractivity contribution in [3.63, 3.8) is 0 Å². The molecule has 5 nitrogen and oxygen atoms in total. The van der Waals surface area contributed by atoms with Crippen molar-refractivity contribution in [3.05, 3.63) is 24.2 Å². The molecule has 130 valence electrons. The average Bonchev–Trinajstić information content (AvgIpc) is 2.96. The first kappa shape index (κ1) is 17.9. The number of hydrogen-bond donors (Lipinski definition) is 1. The van der Waals surface area contributed by atoms with Gasteiger partial charge < -0.3 is 19.4 Å². The lowest BCUT2D eigenvalue weighted by Crippen LogP contribution is -2.51. The van der Waals surface area contributed by atoms with E-state index in [1.807, 2.05) is 37.8 Å². The number of piperidine rings is 1. The molecule has 2 rings (SSSR count). The summed E-state index contributed by atoms with van der Waals surface area (Å²) in [5.74, 6) is 0.984. The van der Waals surface area contributed by atoms with E-state index in [-0.39, 0.29) is 12.1 Å². The standard InChI is InChI=1S/C18H30N2O3/c1-14(12-16-9-7-11-22-16)19-13-15-8-5-6-10-20(15)17(21)23-18(2,3)4/h7,9,11,14-15,19H,5-6,8,10,12-13H2,1-4H3. The molecule has 23 heavy (non-hydrogen) atoms. The monoisotopic (exact) mass is 322 g/mol. The number of ether oxygens (including phenoxy) is 1. The highest BCUT2D eigenvalue weighted by Gasteiger charge is 2.30. The van der Waals surface area contributed by atoms with Crippen LogP contribution in [0.5, 0.6) is 0 Å². The van der Waals surface area contributed by atoms with E-state index in [1.54, 1.807) is 6.26 Å². The number of rotatable bonds is 5. The maximum absolute atomic E-state index is 12.4. The first-order chi connectivity index (χ1) is 10.8. The summed E-state index contributed by atoms with van der Waals surface area (Å²) in [4.78, 5) is 14.3. The molecule has 0 spiro atoms. The van der Waals surface area contributed by atoms with Crippen molar-refractivity contribution < 1.29 is 13.9 Å². The number of nitrogens with zero attached hydrogens (tertiary/aromatic N) is 1. The van der Waals surface area contributed by atoms with Gasteiger partial charge in [0.1, 0.15) is 11.4 Å². The second-order valence-electron chi connectivity index (χ2n) is 7.42. The van der Waals surface area contributed by atoms with Gasteiger partial charge in [-0.3, -0.25) is 0 Å². The summed E-state index contributed by atoms with van der Waals surface area (Å²) in [6, 6.07) is 4.42. The number of likely N-dealkylation sites (tertiary alicyclic amines) is 1. The summed E-state index contributed by atoms with van der Waals surface area (Å²) < 4.78 is 10.9. The molecule has 1 fully saturated rings. The third kappa shape index (κ3) is 5.90. The second-order valence-corrected chi connectivity index (χ2v) is 7.42. The maximum Gasteiger partial charge on any atom is 0.410 e. The van der Waals surface area contributed by atoms with Crippen molar-refractivity contribution >= 4 is 6.09 Å². The fraction of sp³-hybridized carbons (Fsp3) is 0.722. The van der Waals surface area contributed by atoms with E-state index in [0.717, 1.165) is 44.5 Å². The number of carbonyl (C=O) groups is 1. The van der Waals surface area contributed by atoms with Gasteiger partial charge >= 0.3 is 6.09 Å². The zero-order valence-electron chi connectivity index (χ0n) is 14.8. The smallest absolute Gasteiger partial charge is 0.410 e. The SMILES string of the molecule is CC(Cc1ccco1)NCC1CCCCN1C(=O)OC(C)(C)C. The minimum atomic E-state index is -0.445. The Morgan fingerprint density at radius 2 is 2.26 bits per heavy atom. The lowest BCUT2D eigenvalue weighted by Gasteiger charge is -2.37. The van der Waals surface area contributed by atoms with Crippen LogP contribution in [0.15, 0.2) is 22.8 Å². The zero-order valence-corrected chi connectivity index (χ0v) is 14.8. The summed E-state index contributed by atoms with van der Waals surface area (Å²) >= 11 is 0. The molecule has 1 aromatic rings. The Bertz CT molecular complexity index is 479. The molecular formula is C18H30N2O3. The van der Waals surface area contributed by atoms with Crippen LogP contribution in [0.3, 0.4) is 0 Å². The van der Waals surface area contributed by atoms with E-state index in [2.05, 4.69) is 12.2 Å². The van der Waals surface area contributed by atoms with Crippen LogP contribution in [0.4, 0.5) is 4.79 Å². The molecule has 2 atom stereocenters. The maximum atomic E-state index is 12.4. The molecule has 5 heteroatoms. The molecule has 2 unspecified atom stereocenters. The van der Waals surface area contributed by atoms with Crippen LogP contribution in [0.1, 0.15) is 52.7 Å². The Kier molecular flexibility index (Phi) is 6.10. The van der Waals surface area contributed by atoms with Gasteiger partial charge in [0, 0.05) is 31.6 Å². The second kappa shape index (κ2) is 7.86. The lowest BCUT2D eigenvalue weighted by molar-refractivity contribution is 0.00968. The first-order valence-corrected chi connectivity index (χ1v) is 8.60. The topological polar surface area (TPSA) is 54.7 Å². The average molecular weight is 322 g/mol. The predicted octanol–water partition coefficient (Wildman–Crippen LogP) is 3.59. The molecule has 1 N–H and O–H groups in total. The van der Waals surface area contributed by atoms with E-state index in [1.165, 1.54) is 0 Å². The minimum absolute atomic E-state index is 0.192. The van der Waals surface area contributed by atoms with Crippen LogP contribution in [0.25, 0.3) is 0 Å². The zero-order chi connectivity index (χ0) is 16.9. The summed E-state index contributed by atoms with van der Waals surface area (Å²) in [5.41, 5.74) is -0.445. The van der Waals surface area contributed by atoms with Crippen LogP contribution >= 0.6 is 0 Å².